The van der Waals surface area contributed by atoms with Crippen LogP contribution < -0.4 is 5.32 Å². The lowest BCUT2D eigenvalue weighted by molar-refractivity contribution is 0.0605. The van der Waals surface area contributed by atoms with E-state index in [1.54, 1.807) is 31.3 Å². The number of thiazole rings is 1. The zero-order valence-electron chi connectivity index (χ0n) is 12.5. The number of aromatic nitrogens is 2. The first kappa shape index (κ1) is 15.1. The van der Waals surface area contributed by atoms with Gasteiger partial charge in [-0.2, -0.15) is 0 Å². The van der Waals surface area contributed by atoms with Crippen LogP contribution in [0.3, 0.4) is 0 Å². The Bertz CT molecular complexity index is 899. The van der Waals surface area contributed by atoms with Crippen LogP contribution in [0.15, 0.2) is 36.5 Å². The van der Waals surface area contributed by atoms with Gasteiger partial charge in [-0.05, 0) is 25.1 Å². The summed E-state index contributed by atoms with van der Waals surface area (Å²) < 4.78 is 4.69. The lowest BCUT2D eigenvalue weighted by Gasteiger charge is -2.05. The second kappa shape index (κ2) is 6.13. The van der Waals surface area contributed by atoms with Crippen LogP contribution in [-0.2, 0) is 4.74 Å². The number of aryl methyl sites for hydroxylation is 1. The highest BCUT2D eigenvalue weighted by molar-refractivity contribution is 7.17. The number of carbonyl (C=O) groups excluding carboxylic acids is 2. The normalized spacial score (nSPS) is 10.5. The molecule has 116 valence electrons. The van der Waals surface area contributed by atoms with E-state index in [2.05, 4.69) is 20.0 Å². The number of fused-ring (bicyclic) bond motifs is 1. The maximum absolute atomic E-state index is 12.5. The fourth-order valence-electron chi connectivity index (χ4n) is 2.20. The largest absolute Gasteiger partial charge is 0.465 e. The van der Waals surface area contributed by atoms with Gasteiger partial charge in [0.1, 0.15) is 4.88 Å². The molecule has 0 aliphatic carbocycles. The standard InChI is InChI=1S/C16H13N3O3S/c1-9-13(15(21)22-2)23-16(18-9)19-14(20)11-5-3-7-12-10(11)6-4-8-17-12/h3-8H,1-2H3,(H,18,19,20). The molecule has 1 aromatic carbocycles. The van der Waals surface area contributed by atoms with Gasteiger partial charge >= 0.3 is 5.97 Å². The maximum atomic E-state index is 12.5. The van der Waals surface area contributed by atoms with Crippen LogP contribution in [0.1, 0.15) is 25.7 Å². The number of nitrogens with one attached hydrogen (secondary N) is 1. The minimum absolute atomic E-state index is 0.297. The molecule has 3 rings (SSSR count). The molecule has 0 aliphatic rings. The summed E-state index contributed by atoms with van der Waals surface area (Å²) in [5.41, 5.74) is 1.77. The van der Waals surface area contributed by atoms with Crippen LogP contribution in [0.2, 0.25) is 0 Å². The molecule has 0 radical (unpaired) electrons. The molecule has 0 atom stereocenters. The Hall–Kier alpha value is -2.80. The van der Waals surface area contributed by atoms with Crippen LogP contribution in [0.4, 0.5) is 5.13 Å². The van der Waals surface area contributed by atoms with Crippen molar-refractivity contribution in [3.8, 4) is 0 Å². The number of pyridine rings is 1. The number of benzene rings is 1. The van der Waals surface area contributed by atoms with Crippen LogP contribution >= 0.6 is 11.3 Å². The smallest absolute Gasteiger partial charge is 0.350 e. The number of hydrogen-bond donors (Lipinski definition) is 1. The van der Waals surface area contributed by atoms with Gasteiger partial charge in [0.2, 0.25) is 0 Å². The topological polar surface area (TPSA) is 81.2 Å². The van der Waals surface area contributed by atoms with E-state index < -0.39 is 5.97 Å². The Morgan fingerprint density at radius 1 is 1.22 bits per heavy atom. The maximum Gasteiger partial charge on any atom is 0.350 e. The second-order valence-electron chi connectivity index (χ2n) is 4.75. The van der Waals surface area contributed by atoms with Crippen molar-refractivity contribution in [3.63, 3.8) is 0 Å². The number of esters is 1. The summed E-state index contributed by atoms with van der Waals surface area (Å²) in [6.45, 7) is 1.69. The fourth-order valence-corrected chi connectivity index (χ4v) is 3.08. The van der Waals surface area contributed by atoms with Crippen molar-refractivity contribution in [3.05, 3.63) is 52.7 Å². The Morgan fingerprint density at radius 3 is 2.83 bits per heavy atom. The van der Waals surface area contributed by atoms with E-state index in [9.17, 15) is 9.59 Å². The van der Waals surface area contributed by atoms with E-state index in [1.807, 2.05) is 12.1 Å². The third kappa shape index (κ3) is 2.91. The Morgan fingerprint density at radius 2 is 2.04 bits per heavy atom. The molecular weight excluding hydrogens is 314 g/mol. The highest BCUT2D eigenvalue weighted by Crippen LogP contribution is 2.24. The van der Waals surface area contributed by atoms with E-state index in [4.69, 9.17) is 0 Å². The molecular formula is C16H13N3O3S. The Labute approximate surface area is 136 Å². The molecule has 3 aromatic rings. The van der Waals surface area contributed by atoms with Gasteiger partial charge in [0.25, 0.3) is 5.91 Å². The van der Waals surface area contributed by atoms with Crippen molar-refractivity contribution in [2.75, 3.05) is 12.4 Å². The van der Waals surface area contributed by atoms with Gasteiger partial charge in [0, 0.05) is 17.1 Å². The lowest BCUT2D eigenvalue weighted by atomic mass is 10.1. The summed E-state index contributed by atoms with van der Waals surface area (Å²) in [5, 5.41) is 3.84. The molecule has 2 aromatic heterocycles. The van der Waals surface area contributed by atoms with E-state index in [0.717, 1.165) is 22.2 Å². The predicted molar refractivity (Wildman–Crippen MR) is 87.9 cm³/mol. The quantitative estimate of drug-likeness (QED) is 0.748. The first-order valence-electron chi connectivity index (χ1n) is 6.81. The summed E-state index contributed by atoms with van der Waals surface area (Å²) in [7, 11) is 1.31. The van der Waals surface area contributed by atoms with Gasteiger partial charge in [-0.25, -0.2) is 9.78 Å². The summed E-state index contributed by atoms with van der Waals surface area (Å²) in [6, 6.07) is 8.96. The number of amides is 1. The second-order valence-corrected chi connectivity index (χ2v) is 5.75. The molecule has 0 unspecified atom stereocenters. The number of carbonyl (C=O) groups is 2. The van der Waals surface area contributed by atoms with Gasteiger partial charge in [0.15, 0.2) is 5.13 Å². The molecule has 1 amide bonds. The van der Waals surface area contributed by atoms with Crippen LogP contribution in [0, 0.1) is 6.92 Å². The zero-order chi connectivity index (χ0) is 16.4. The molecule has 0 fully saturated rings. The third-order valence-corrected chi connectivity index (χ3v) is 4.33. The highest BCUT2D eigenvalue weighted by atomic mass is 32.1. The molecule has 0 saturated heterocycles. The first-order valence-corrected chi connectivity index (χ1v) is 7.62. The molecule has 0 saturated carbocycles. The molecule has 6 nitrogen and oxygen atoms in total. The number of nitrogens with zero attached hydrogens (tertiary/aromatic N) is 2. The predicted octanol–water partition coefficient (Wildman–Crippen LogP) is 3.04. The van der Waals surface area contributed by atoms with Crippen molar-refractivity contribution < 1.29 is 14.3 Å². The number of anilines is 1. The van der Waals surface area contributed by atoms with E-state index >= 15 is 0 Å². The van der Waals surface area contributed by atoms with Crippen molar-refractivity contribution >= 4 is 39.2 Å². The molecule has 2 heterocycles. The third-order valence-electron chi connectivity index (χ3n) is 3.28. The van der Waals surface area contributed by atoms with Crippen LogP contribution in [0.25, 0.3) is 10.9 Å². The first-order chi connectivity index (χ1) is 11.1. The minimum atomic E-state index is -0.463. The van der Waals surface area contributed by atoms with Gasteiger partial charge in [-0.3, -0.25) is 15.1 Å². The van der Waals surface area contributed by atoms with Crippen molar-refractivity contribution in [2.45, 2.75) is 6.92 Å². The molecule has 7 heteroatoms. The van der Waals surface area contributed by atoms with Crippen molar-refractivity contribution in [1.82, 2.24) is 9.97 Å². The molecule has 1 N–H and O–H groups in total. The van der Waals surface area contributed by atoms with Crippen molar-refractivity contribution in [1.29, 1.82) is 0 Å². The average molecular weight is 327 g/mol. The summed E-state index contributed by atoms with van der Waals surface area (Å²) >= 11 is 1.09. The summed E-state index contributed by atoms with van der Waals surface area (Å²) in [4.78, 5) is 32.9. The van der Waals surface area contributed by atoms with Crippen molar-refractivity contribution in [2.24, 2.45) is 0 Å². The number of hydrogen-bond acceptors (Lipinski definition) is 6. The van der Waals surface area contributed by atoms with Gasteiger partial charge in [-0.1, -0.05) is 23.5 Å². The minimum Gasteiger partial charge on any atom is -0.465 e. The van der Waals surface area contributed by atoms with Crippen LogP contribution in [-0.4, -0.2) is 29.0 Å². The average Bonchev–Trinajstić information content (AvgIpc) is 2.93. The van der Waals surface area contributed by atoms with Gasteiger partial charge in [-0.15, -0.1) is 0 Å². The molecule has 0 spiro atoms. The van der Waals surface area contributed by atoms with E-state index in [0.29, 0.717) is 21.3 Å². The molecule has 0 bridgehead atoms. The van der Waals surface area contributed by atoms with Crippen LogP contribution in [0.5, 0.6) is 0 Å². The van der Waals surface area contributed by atoms with Gasteiger partial charge < -0.3 is 4.74 Å². The lowest BCUT2D eigenvalue weighted by Crippen LogP contribution is -2.12. The summed E-state index contributed by atoms with van der Waals surface area (Å²) in [5.74, 6) is -0.761. The number of rotatable bonds is 3. The molecule has 0 aliphatic heterocycles. The monoisotopic (exact) mass is 327 g/mol. The van der Waals surface area contributed by atoms with E-state index in [-0.39, 0.29) is 5.91 Å². The number of ether oxygens (including phenoxy) is 1. The SMILES string of the molecule is COC(=O)c1sc(NC(=O)c2cccc3ncccc23)nc1C. The van der Waals surface area contributed by atoms with E-state index in [1.165, 1.54) is 7.11 Å². The fraction of sp³-hybridized carbons (Fsp3) is 0.125. The Kier molecular flexibility index (Phi) is 4.03. The summed E-state index contributed by atoms with van der Waals surface area (Å²) in [6.07, 6.45) is 1.68. The number of methoxy groups -OCH3 is 1. The highest BCUT2D eigenvalue weighted by Gasteiger charge is 2.18. The molecule has 23 heavy (non-hydrogen) atoms. The van der Waals surface area contributed by atoms with Gasteiger partial charge in [0.05, 0.1) is 18.3 Å². The Balaban J connectivity index is 1.91. The zero-order valence-corrected chi connectivity index (χ0v) is 13.3.